The lowest BCUT2D eigenvalue weighted by molar-refractivity contribution is -0.150. The van der Waals surface area contributed by atoms with Gasteiger partial charge in [0.2, 0.25) is 17.7 Å². The lowest BCUT2D eigenvalue weighted by atomic mass is 9.82. The lowest BCUT2D eigenvalue weighted by Gasteiger charge is -2.45. The van der Waals surface area contributed by atoms with Crippen molar-refractivity contribution in [2.75, 3.05) is 32.8 Å². The first kappa shape index (κ1) is 33.0. The summed E-state index contributed by atoms with van der Waals surface area (Å²) in [5, 5.41) is 16.1. The maximum Gasteiger partial charge on any atom is 0.407 e. The normalized spacial score (nSPS) is 25.2. The summed E-state index contributed by atoms with van der Waals surface area (Å²) in [7, 11) is 0. The van der Waals surface area contributed by atoms with Gasteiger partial charge in [-0.1, -0.05) is 44.4 Å². The van der Waals surface area contributed by atoms with Gasteiger partial charge in [-0.15, -0.1) is 0 Å². The number of carbonyl (C=O) groups is 4. The van der Waals surface area contributed by atoms with Gasteiger partial charge in [-0.2, -0.15) is 0 Å². The van der Waals surface area contributed by atoms with Crippen LogP contribution in [0.1, 0.15) is 90.7 Å². The van der Waals surface area contributed by atoms with Crippen molar-refractivity contribution in [2.24, 2.45) is 11.8 Å². The highest BCUT2D eigenvalue weighted by molar-refractivity contribution is 5.93. The van der Waals surface area contributed by atoms with Crippen molar-refractivity contribution >= 4 is 23.8 Å². The monoisotopic (exact) mass is 625 g/mol. The maximum absolute atomic E-state index is 14.6. The van der Waals surface area contributed by atoms with Gasteiger partial charge >= 0.3 is 6.09 Å². The fraction of sp³-hybridized carbons (Fsp3) is 0.706. The molecular weight excluding hydrogens is 574 g/mol. The van der Waals surface area contributed by atoms with E-state index in [9.17, 15) is 24.3 Å². The molecule has 1 aromatic carbocycles. The summed E-state index contributed by atoms with van der Waals surface area (Å²) in [4.78, 5) is 59.7. The molecule has 3 heterocycles. The predicted molar refractivity (Wildman–Crippen MR) is 170 cm³/mol. The number of nitrogens with zero attached hydrogens (tertiary/aromatic N) is 3. The van der Waals surface area contributed by atoms with Gasteiger partial charge in [0, 0.05) is 43.2 Å². The van der Waals surface area contributed by atoms with E-state index in [1.54, 1.807) is 32.6 Å². The minimum atomic E-state index is -1.09. The molecule has 1 aliphatic carbocycles. The van der Waals surface area contributed by atoms with Crippen LogP contribution in [0.4, 0.5) is 4.79 Å². The molecule has 4 amide bonds. The number of fused-ring (bicyclic) bond motifs is 2. The van der Waals surface area contributed by atoms with Crippen LogP contribution in [0, 0.1) is 11.8 Å². The molecule has 2 saturated heterocycles. The van der Waals surface area contributed by atoms with Gasteiger partial charge in [0.1, 0.15) is 17.8 Å². The van der Waals surface area contributed by atoms with Crippen molar-refractivity contribution in [3.05, 3.63) is 29.8 Å². The zero-order valence-corrected chi connectivity index (χ0v) is 27.3. The van der Waals surface area contributed by atoms with Crippen LogP contribution in [-0.2, 0) is 14.4 Å². The largest absolute Gasteiger partial charge is 0.493 e. The Balaban J connectivity index is 1.37. The Bertz CT molecular complexity index is 1240. The first-order valence-corrected chi connectivity index (χ1v) is 16.8. The van der Waals surface area contributed by atoms with Gasteiger partial charge in [-0.3, -0.25) is 19.3 Å². The van der Waals surface area contributed by atoms with Crippen molar-refractivity contribution in [3.63, 3.8) is 0 Å². The molecule has 3 fully saturated rings. The van der Waals surface area contributed by atoms with Gasteiger partial charge in [-0.05, 0) is 65.0 Å². The second-order valence-corrected chi connectivity index (χ2v) is 14.4. The smallest absolute Gasteiger partial charge is 0.407 e. The van der Waals surface area contributed by atoms with Gasteiger partial charge < -0.3 is 30.3 Å². The average molecular weight is 626 g/mol. The fourth-order valence-corrected chi connectivity index (χ4v) is 7.56. The molecule has 0 unspecified atom stereocenters. The van der Waals surface area contributed by atoms with Crippen LogP contribution in [0.3, 0.4) is 0 Å². The third kappa shape index (κ3) is 7.56. The maximum atomic E-state index is 14.6. The fourth-order valence-electron chi connectivity index (χ4n) is 7.56. The topological polar surface area (TPSA) is 132 Å². The molecule has 1 saturated carbocycles. The molecule has 3 aliphatic heterocycles. The Hall–Kier alpha value is -3.34. The molecule has 0 bridgehead atoms. The summed E-state index contributed by atoms with van der Waals surface area (Å²) in [5.74, 6) is -0.639. The zero-order valence-electron chi connectivity index (χ0n) is 27.3. The molecule has 0 aromatic heterocycles. The first-order chi connectivity index (χ1) is 21.4. The van der Waals surface area contributed by atoms with E-state index in [0.29, 0.717) is 26.1 Å². The number of para-hydroxylation sites is 1. The Labute approximate surface area is 267 Å². The standard InChI is InChI=1S/C34H51N5O6/c1-22(19-39(33(43)44)34(2,3)4)30(40)36-29(23-11-6-5-7-12-23)32(42)38-20-24-13-10-17-37(24)21-27(38)31(41)35-26-16-18-45-28-15-9-8-14-25(26)28/h8-9,14-15,22-24,26-27,29H,5-7,10-13,16-21H2,1-4H3,(H,35,41)(H,36,40)(H,43,44)/t22-,24-,26+,27-,29-/m0/s1. The number of rotatable bonds is 8. The molecule has 248 valence electrons. The molecule has 0 radical (unpaired) electrons. The van der Waals surface area contributed by atoms with Crippen LogP contribution >= 0.6 is 0 Å². The number of hydrogen-bond donors (Lipinski definition) is 3. The quantitative estimate of drug-likeness (QED) is 0.401. The van der Waals surface area contributed by atoms with E-state index in [0.717, 1.165) is 62.8 Å². The minimum absolute atomic E-state index is 0.0224. The second-order valence-electron chi connectivity index (χ2n) is 14.4. The Morgan fingerprint density at radius 3 is 2.47 bits per heavy atom. The summed E-state index contributed by atoms with van der Waals surface area (Å²) in [6.45, 7) is 9.46. The number of piperazine rings is 1. The van der Waals surface area contributed by atoms with E-state index in [1.165, 1.54) is 4.90 Å². The van der Waals surface area contributed by atoms with Crippen molar-refractivity contribution in [2.45, 2.75) is 109 Å². The molecule has 3 N–H and O–H groups in total. The minimum Gasteiger partial charge on any atom is -0.493 e. The number of ether oxygens (including phenoxy) is 1. The number of carbonyl (C=O) groups excluding carboxylic acids is 3. The summed E-state index contributed by atoms with van der Waals surface area (Å²) in [6, 6.07) is 6.29. The van der Waals surface area contributed by atoms with Crippen LogP contribution < -0.4 is 15.4 Å². The second kappa shape index (κ2) is 14.0. The van der Waals surface area contributed by atoms with Crippen LogP contribution in [-0.4, -0.2) is 100 Å². The summed E-state index contributed by atoms with van der Waals surface area (Å²) >= 11 is 0. The molecule has 4 aliphatic rings. The molecule has 11 heteroatoms. The molecular formula is C34H51N5O6. The van der Waals surface area contributed by atoms with Gasteiger partial charge in [0.05, 0.1) is 18.6 Å². The molecule has 1 aromatic rings. The van der Waals surface area contributed by atoms with E-state index in [2.05, 4.69) is 15.5 Å². The van der Waals surface area contributed by atoms with Crippen LogP contribution in [0.15, 0.2) is 24.3 Å². The average Bonchev–Trinajstić information content (AvgIpc) is 3.49. The van der Waals surface area contributed by atoms with Crippen molar-refractivity contribution in [3.8, 4) is 5.75 Å². The first-order valence-electron chi connectivity index (χ1n) is 16.8. The predicted octanol–water partition coefficient (Wildman–Crippen LogP) is 3.78. The number of hydrogen-bond acceptors (Lipinski definition) is 6. The van der Waals surface area contributed by atoms with Crippen LogP contribution in [0.25, 0.3) is 0 Å². The van der Waals surface area contributed by atoms with Crippen molar-refractivity contribution in [1.29, 1.82) is 0 Å². The molecule has 0 spiro atoms. The van der Waals surface area contributed by atoms with E-state index < -0.39 is 29.6 Å². The summed E-state index contributed by atoms with van der Waals surface area (Å²) < 4.78 is 5.81. The van der Waals surface area contributed by atoms with Crippen LogP contribution in [0.5, 0.6) is 5.75 Å². The number of amides is 4. The molecule has 11 nitrogen and oxygen atoms in total. The zero-order chi connectivity index (χ0) is 32.3. The Morgan fingerprint density at radius 2 is 1.76 bits per heavy atom. The summed E-state index contributed by atoms with van der Waals surface area (Å²) in [5.41, 5.74) is 0.266. The molecule has 45 heavy (non-hydrogen) atoms. The van der Waals surface area contributed by atoms with E-state index in [1.807, 2.05) is 24.3 Å². The highest BCUT2D eigenvalue weighted by Gasteiger charge is 2.46. The third-order valence-corrected chi connectivity index (χ3v) is 10.2. The Kier molecular flexibility index (Phi) is 10.3. The van der Waals surface area contributed by atoms with Crippen LogP contribution in [0.2, 0.25) is 0 Å². The molecule has 5 rings (SSSR count). The van der Waals surface area contributed by atoms with Gasteiger partial charge in [0.25, 0.3) is 0 Å². The SMILES string of the molecule is C[C@@H](CN(C(=O)O)C(C)(C)C)C(=O)N[C@H](C(=O)N1C[C@@H]2CCCN2C[C@H]1C(=O)N[C@@H]1CCOc2ccccc21)C1CCCCC1. The van der Waals surface area contributed by atoms with E-state index >= 15 is 0 Å². The van der Waals surface area contributed by atoms with Gasteiger partial charge in [0.15, 0.2) is 0 Å². The Morgan fingerprint density at radius 1 is 1.02 bits per heavy atom. The van der Waals surface area contributed by atoms with E-state index in [4.69, 9.17) is 4.74 Å². The van der Waals surface area contributed by atoms with E-state index in [-0.39, 0.29) is 42.3 Å². The highest BCUT2D eigenvalue weighted by Crippen LogP contribution is 2.34. The van der Waals surface area contributed by atoms with Crippen molar-refractivity contribution < 1.29 is 29.0 Å². The number of benzene rings is 1. The highest BCUT2D eigenvalue weighted by atomic mass is 16.5. The van der Waals surface area contributed by atoms with Gasteiger partial charge in [-0.25, -0.2) is 4.79 Å². The number of carboxylic acid groups (broad SMARTS) is 1. The van der Waals surface area contributed by atoms with Crippen molar-refractivity contribution in [1.82, 2.24) is 25.3 Å². The molecule has 5 atom stereocenters. The summed E-state index contributed by atoms with van der Waals surface area (Å²) in [6.07, 6.45) is 6.29. The lowest BCUT2D eigenvalue weighted by Crippen LogP contribution is -2.66. The third-order valence-electron chi connectivity index (χ3n) is 10.2. The number of nitrogens with one attached hydrogen (secondary N) is 2.